The van der Waals surface area contributed by atoms with Gasteiger partial charge in [0.05, 0.1) is 18.4 Å². The molecule has 1 N–H and O–H groups in total. The SMILES string of the molecule is C[C@@]12CN(C(=O)Nc3ccnn3-c3cc(Cl)cc(Cl)c3)CCN1C(=O)N([C@H]1C[C@@H]1c1cc(Br)cc(Br)c1)C2=O. The van der Waals surface area contributed by atoms with Gasteiger partial charge < -0.3 is 9.80 Å². The van der Waals surface area contributed by atoms with Gasteiger partial charge in [0.2, 0.25) is 0 Å². The summed E-state index contributed by atoms with van der Waals surface area (Å²) in [5.41, 5.74) is 0.516. The maximum Gasteiger partial charge on any atom is 0.328 e. The lowest BCUT2D eigenvalue weighted by atomic mass is 9.97. The minimum Gasteiger partial charge on any atom is -0.320 e. The van der Waals surface area contributed by atoms with Crippen LogP contribution in [0.4, 0.5) is 15.4 Å². The lowest BCUT2D eigenvalue weighted by Crippen LogP contribution is -2.62. The molecule has 5 amide bonds. The minimum absolute atomic E-state index is 0.0799. The van der Waals surface area contributed by atoms with E-state index in [9.17, 15) is 14.4 Å². The number of imide groups is 1. The fourth-order valence-corrected chi connectivity index (χ4v) is 7.35. The Hall–Kier alpha value is -2.60. The number of nitrogens with one attached hydrogen (secondary N) is 1. The first kappa shape index (κ1) is 26.6. The molecule has 1 aromatic heterocycles. The van der Waals surface area contributed by atoms with Crippen molar-refractivity contribution in [3.63, 3.8) is 0 Å². The molecule has 1 saturated carbocycles. The largest absolute Gasteiger partial charge is 0.328 e. The number of piperazine rings is 1. The first-order valence-corrected chi connectivity index (χ1v) is 14.6. The molecule has 3 aromatic rings. The molecular weight excluding hydrogens is 675 g/mol. The van der Waals surface area contributed by atoms with Crippen LogP contribution in [-0.4, -0.2) is 73.7 Å². The van der Waals surface area contributed by atoms with Gasteiger partial charge in [0, 0.05) is 50.1 Å². The molecule has 6 rings (SSSR count). The van der Waals surface area contributed by atoms with Gasteiger partial charge in [-0.25, -0.2) is 14.3 Å². The number of carbonyl (C=O) groups is 3. The van der Waals surface area contributed by atoms with Gasteiger partial charge in [-0.05, 0) is 55.3 Å². The summed E-state index contributed by atoms with van der Waals surface area (Å²) in [5.74, 6) is 0.226. The topological polar surface area (TPSA) is 90.8 Å². The Morgan fingerprint density at radius 3 is 2.44 bits per heavy atom. The molecule has 3 aliphatic rings. The van der Waals surface area contributed by atoms with E-state index >= 15 is 0 Å². The summed E-state index contributed by atoms with van der Waals surface area (Å²) in [6.45, 7) is 2.36. The van der Waals surface area contributed by atoms with Gasteiger partial charge in [-0.3, -0.25) is 15.0 Å². The molecular formula is C26H22Br2Cl2N6O3. The van der Waals surface area contributed by atoms with E-state index in [0.29, 0.717) is 28.0 Å². The highest BCUT2D eigenvalue weighted by atomic mass is 79.9. The number of benzene rings is 2. The number of anilines is 1. The monoisotopic (exact) mass is 694 g/mol. The van der Waals surface area contributed by atoms with Crippen LogP contribution in [0.3, 0.4) is 0 Å². The third-order valence-electron chi connectivity index (χ3n) is 7.46. The van der Waals surface area contributed by atoms with Crippen LogP contribution in [0, 0.1) is 0 Å². The number of amides is 5. The Morgan fingerprint density at radius 1 is 1.05 bits per heavy atom. The van der Waals surface area contributed by atoms with E-state index in [-0.39, 0.29) is 43.5 Å². The second-order valence-electron chi connectivity index (χ2n) is 10.1. The molecule has 2 saturated heterocycles. The summed E-state index contributed by atoms with van der Waals surface area (Å²) in [6, 6.07) is 11.7. The van der Waals surface area contributed by atoms with Crippen molar-refractivity contribution in [2.24, 2.45) is 0 Å². The van der Waals surface area contributed by atoms with Crippen LogP contribution < -0.4 is 5.32 Å². The van der Waals surface area contributed by atoms with E-state index in [4.69, 9.17) is 23.2 Å². The van der Waals surface area contributed by atoms with Gasteiger partial charge >= 0.3 is 12.1 Å². The third kappa shape index (κ3) is 4.73. The van der Waals surface area contributed by atoms with Crippen molar-refractivity contribution in [1.82, 2.24) is 24.5 Å². The number of rotatable bonds is 4. The van der Waals surface area contributed by atoms with E-state index in [1.54, 1.807) is 47.2 Å². The molecule has 202 valence electrons. The number of fused-ring (bicyclic) bond motifs is 1. The van der Waals surface area contributed by atoms with Crippen molar-refractivity contribution in [2.75, 3.05) is 25.0 Å². The zero-order valence-electron chi connectivity index (χ0n) is 20.6. The Morgan fingerprint density at radius 2 is 1.74 bits per heavy atom. The predicted molar refractivity (Wildman–Crippen MR) is 155 cm³/mol. The molecule has 0 unspecified atom stereocenters. The fraction of sp³-hybridized carbons (Fsp3) is 0.308. The van der Waals surface area contributed by atoms with Crippen molar-refractivity contribution in [3.8, 4) is 5.69 Å². The molecule has 2 aliphatic heterocycles. The van der Waals surface area contributed by atoms with Crippen LogP contribution in [0.25, 0.3) is 5.69 Å². The zero-order chi connectivity index (χ0) is 27.6. The number of halogens is 4. The summed E-state index contributed by atoms with van der Waals surface area (Å²) >= 11 is 19.3. The van der Waals surface area contributed by atoms with Gasteiger partial charge in [0.25, 0.3) is 5.91 Å². The molecule has 0 bridgehead atoms. The second kappa shape index (κ2) is 9.79. The second-order valence-corrected chi connectivity index (χ2v) is 12.8. The van der Waals surface area contributed by atoms with Crippen molar-refractivity contribution in [1.29, 1.82) is 0 Å². The normalized spacial score (nSPS) is 24.3. The van der Waals surface area contributed by atoms with E-state index < -0.39 is 11.6 Å². The average Bonchev–Trinajstić information content (AvgIpc) is 3.45. The number of hydrogen-bond donors (Lipinski definition) is 1. The quantitative estimate of drug-likeness (QED) is 0.333. The third-order valence-corrected chi connectivity index (χ3v) is 8.81. The smallest absolute Gasteiger partial charge is 0.320 e. The van der Waals surface area contributed by atoms with Crippen molar-refractivity contribution >= 4 is 78.8 Å². The molecule has 1 aliphatic carbocycles. The number of nitrogens with zero attached hydrogens (tertiary/aromatic N) is 5. The maximum atomic E-state index is 13.7. The number of carbonyl (C=O) groups excluding carboxylic acids is 3. The number of urea groups is 2. The van der Waals surface area contributed by atoms with Crippen molar-refractivity contribution < 1.29 is 14.4 Å². The van der Waals surface area contributed by atoms with Gasteiger partial charge in [-0.1, -0.05) is 55.1 Å². The van der Waals surface area contributed by atoms with Crippen molar-refractivity contribution in [2.45, 2.75) is 30.8 Å². The Bertz CT molecular complexity index is 1490. The number of hydrogen-bond acceptors (Lipinski definition) is 4. The Labute approximate surface area is 251 Å². The summed E-state index contributed by atoms with van der Waals surface area (Å²) in [5, 5.41) is 8.03. The molecule has 9 nitrogen and oxygen atoms in total. The van der Waals surface area contributed by atoms with Crippen molar-refractivity contribution in [3.05, 3.63) is 73.2 Å². The summed E-state index contributed by atoms with van der Waals surface area (Å²) in [4.78, 5) is 45.0. The Kier molecular flexibility index (Phi) is 6.68. The highest BCUT2D eigenvalue weighted by Gasteiger charge is 2.62. The van der Waals surface area contributed by atoms with E-state index in [1.165, 1.54) is 9.58 Å². The van der Waals surface area contributed by atoms with Gasteiger partial charge in [0.1, 0.15) is 11.4 Å². The van der Waals surface area contributed by atoms with Crippen LogP contribution >= 0.6 is 55.1 Å². The molecule has 0 radical (unpaired) electrons. The molecule has 3 heterocycles. The highest BCUT2D eigenvalue weighted by molar-refractivity contribution is 9.11. The number of aromatic nitrogens is 2. The van der Waals surface area contributed by atoms with Gasteiger partial charge in [-0.15, -0.1) is 0 Å². The van der Waals surface area contributed by atoms with Gasteiger partial charge in [0.15, 0.2) is 0 Å². The molecule has 3 fully saturated rings. The Balaban J connectivity index is 1.18. The minimum atomic E-state index is -1.14. The van der Waals surface area contributed by atoms with Crippen LogP contribution in [0.5, 0.6) is 0 Å². The molecule has 13 heteroatoms. The van der Waals surface area contributed by atoms with Crippen LogP contribution in [0.2, 0.25) is 10.0 Å². The molecule has 0 spiro atoms. The molecule has 3 atom stereocenters. The maximum absolute atomic E-state index is 13.7. The predicted octanol–water partition coefficient (Wildman–Crippen LogP) is 6.13. The van der Waals surface area contributed by atoms with E-state index in [0.717, 1.165) is 14.5 Å². The van der Waals surface area contributed by atoms with E-state index in [2.05, 4.69) is 42.3 Å². The fourth-order valence-electron chi connectivity index (χ4n) is 5.50. The summed E-state index contributed by atoms with van der Waals surface area (Å²) in [7, 11) is 0. The summed E-state index contributed by atoms with van der Waals surface area (Å²) < 4.78 is 3.39. The lowest BCUT2D eigenvalue weighted by Gasteiger charge is -2.42. The highest BCUT2D eigenvalue weighted by Crippen LogP contribution is 2.49. The zero-order valence-corrected chi connectivity index (χ0v) is 25.3. The first-order valence-electron chi connectivity index (χ1n) is 12.2. The van der Waals surface area contributed by atoms with Crippen LogP contribution in [0.1, 0.15) is 24.8 Å². The van der Waals surface area contributed by atoms with E-state index in [1.807, 2.05) is 18.2 Å². The molecule has 39 heavy (non-hydrogen) atoms. The average molecular weight is 697 g/mol. The van der Waals surface area contributed by atoms with Crippen LogP contribution in [0.15, 0.2) is 57.6 Å². The molecule has 2 aromatic carbocycles. The van der Waals surface area contributed by atoms with Gasteiger partial charge in [-0.2, -0.15) is 5.10 Å². The first-order chi connectivity index (χ1) is 18.5. The summed E-state index contributed by atoms with van der Waals surface area (Å²) in [6.07, 6.45) is 2.27. The standard InChI is InChI=1S/C26H22Br2Cl2N6O3/c1-26-13-33(24(38)32-22-2-3-31-36(22)19-10-17(29)9-18(30)11-19)4-5-34(26)25(39)35(23(26)37)21-12-20(21)14-6-15(27)8-16(28)7-14/h2-3,6-11,20-21H,4-5,12-13H2,1H3,(H,32,38)/t20-,21+,26+/m1/s1. The van der Waals surface area contributed by atoms with Crippen LogP contribution in [-0.2, 0) is 4.79 Å². The lowest BCUT2D eigenvalue weighted by molar-refractivity contribution is -0.134.